The normalized spacial score (nSPS) is 24.8. The predicted molar refractivity (Wildman–Crippen MR) is 51.3 cm³/mol. The highest BCUT2D eigenvalue weighted by molar-refractivity contribution is 4.77. The van der Waals surface area contributed by atoms with Crippen molar-refractivity contribution >= 4 is 0 Å². The van der Waals surface area contributed by atoms with Gasteiger partial charge in [-0.1, -0.05) is 13.8 Å². The quantitative estimate of drug-likeness (QED) is 0.694. The Bertz CT molecular complexity index is 128. The molecule has 1 rings (SSSR count). The second kappa shape index (κ2) is 4.24. The van der Waals surface area contributed by atoms with Crippen molar-refractivity contribution in [3.05, 3.63) is 0 Å². The van der Waals surface area contributed by atoms with Crippen molar-refractivity contribution in [3.8, 4) is 0 Å². The van der Waals surface area contributed by atoms with E-state index in [0.29, 0.717) is 5.41 Å². The molecule has 1 atom stereocenters. The highest BCUT2D eigenvalue weighted by atomic mass is 16.5. The van der Waals surface area contributed by atoms with Crippen LogP contribution in [0.1, 0.15) is 26.7 Å². The minimum atomic E-state index is 0.424. The molecule has 1 saturated heterocycles. The third-order valence-corrected chi connectivity index (χ3v) is 2.52. The average molecular weight is 171 g/mol. The summed E-state index contributed by atoms with van der Waals surface area (Å²) in [6.07, 6.45) is 2.54. The molecule has 0 aromatic rings. The van der Waals surface area contributed by atoms with Gasteiger partial charge in [0.15, 0.2) is 0 Å². The average Bonchev–Trinajstić information content (AvgIpc) is 2.38. The van der Waals surface area contributed by atoms with Gasteiger partial charge in [-0.2, -0.15) is 0 Å². The molecule has 1 aliphatic heterocycles. The minimum Gasteiger partial charge on any atom is -0.381 e. The molecule has 72 valence electrons. The van der Waals surface area contributed by atoms with Crippen LogP contribution in [0.25, 0.3) is 0 Å². The zero-order valence-electron chi connectivity index (χ0n) is 8.52. The molecule has 1 fully saturated rings. The SMILES string of the molecule is CNCC(C)(C)C[C@H]1CCOC1. The van der Waals surface area contributed by atoms with Crippen LogP contribution in [-0.4, -0.2) is 26.8 Å². The molecular formula is C10H21NO. The molecule has 0 aliphatic carbocycles. The molecular weight excluding hydrogens is 150 g/mol. The first kappa shape index (κ1) is 10.0. The van der Waals surface area contributed by atoms with Crippen LogP contribution in [0.2, 0.25) is 0 Å². The van der Waals surface area contributed by atoms with Gasteiger partial charge in [-0.15, -0.1) is 0 Å². The van der Waals surface area contributed by atoms with Gasteiger partial charge in [0.1, 0.15) is 0 Å². The summed E-state index contributed by atoms with van der Waals surface area (Å²) in [4.78, 5) is 0. The molecule has 0 spiro atoms. The minimum absolute atomic E-state index is 0.424. The van der Waals surface area contributed by atoms with Crippen molar-refractivity contribution in [1.82, 2.24) is 5.32 Å². The largest absolute Gasteiger partial charge is 0.381 e. The van der Waals surface area contributed by atoms with Crippen molar-refractivity contribution in [1.29, 1.82) is 0 Å². The van der Waals surface area contributed by atoms with Gasteiger partial charge in [-0.3, -0.25) is 0 Å². The molecule has 2 heteroatoms. The monoisotopic (exact) mass is 171 g/mol. The highest BCUT2D eigenvalue weighted by Gasteiger charge is 2.25. The Morgan fingerprint density at radius 2 is 2.25 bits per heavy atom. The maximum Gasteiger partial charge on any atom is 0.0495 e. The van der Waals surface area contributed by atoms with Crippen LogP contribution in [0.5, 0.6) is 0 Å². The lowest BCUT2D eigenvalue weighted by atomic mass is 9.82. The van der Waals surface area contributed by atoms with Gasteiger partial charge in [-0.25, -0.2) is 0 Å². The third-order valence-electron chi connectivity index (χ3n) is 2.52. The predicted octanol–water partition coefficient (Wildman–Crippen LogP) is 1.66. The Balaban J connectivity index is 2.27. The molecule has 0 amide bonds. The van der Waals surface area contributed by atoms with Crippen LogP contribution in [0, 0.1) is 11.3 Å². The molecule has 0 radical (unpaired) electrons. The van der Waals surface area contributed by atoms with E-state index in [1.165, 1.54) is 12.8 Å². The second-order valence-electron chi connectivity index (χ2n) is 4.63. The summed E-state index contributed by atoms with van der Waals surface area (Å²) in [6, 6.07) is 0. The van der Waals surface area contributed by atoms with Crippen LogP contribution < -0.4 is 5.32 Å². The summed E-state index contributed by atoms with van der Waals surface area (Å²) < 4.78 is 5.36. The van der Waals surface area contributed by atoms with E-state index in [9.17, 15) is 0 Å². The van der Waals surface area contributed by atoms with Crippen molar-refractivity contribution in [2.45, 2.75) is 26.7 Å². The second-order valence-corrected chi connectivity index (χ2v) is 4.63. The van der Waals surface area contributed by atoms with E-state index < -0.39 is 0 Å². The fraction of sp³-hybridized carbons (Fsp3) is 1.00. The molecule has 0 saturated carbocycles. The maximum absolute atomic E-state index is 5.36. The fourth-order valence-corrected chi connectivity index (χ4v) is 2.08. The van der Waals surface area contributed by atoms with Crippen molar-refractivity contribution in [2.75, 3.05) is 26.8 Å². The summed E-state index contributed by atoms with van der Waals surface area (Å²) >= 11 is 0. The molecule has 2 nitrogen and oxygen atoms in total. The van der Waals surface area contributed by atoms with Crippen LogP contribution >= 0.6 is 0 Å². The van der Waals surface area contributed by atoms with Gasteiger partial charge < -0.3 is 10.1 Å². The Kier molecular flexibility index (Phi) is 3.53. The number of ether oxygens (including phenoxy) is 1. The molecule has 1 N–H and O–H groups in total. The summed E-state index contributed by atoms with van der Waals surface area (Å²) in [7, 11) is 2.02. The van der Waals surface area contributed by atoms with Gasteiger partial charge in [0, 0.05) is 13.2 Å². The molecule has 0 aromatic heterocycles. The van der Waals surface area contributed by atoms with Crippen LogP contribution in [0.15, 0.2) is 0 Å². The third kappa shape index (κ3) is 3.11. The van der Waals surface area contributed by atoms with E-state index in [0.717, 1.165) is 25.7 Å². The molecule has 0 aromatic carbocycles. The number of hydrogen-bond donors (Lipinski definition) is 1. The van der Waals surface area contributed by atoms with Crippen molar-refractivity contribution < 1.29 is 4.74 Å². The lowest BCUT2D eigenvalue weighted by Gasteiger charge is -2.26. The standard InChI is InChI=1S/C10H21NO/c1-10(2,8-11-3)6-9-4-5-12-7-9/h9,11H,4-8H2,1-3H3/t9-/m1/s1. The topological polar surface area (TPSA) is 21.3 Å². The van der Waals surface area contributed by atoms with Gasteiger partial charge >= 0.3 is 0 Å². The van der Waals surface area contributed by atoms with Crippen LogP contribution in [-0.2, 0) is 4.74 Å². The summed E-state index contributed by atoms with van der Waals surface area (Å²) in [6.45, 7) is 7.70. The highest BCUT2D eigenvalue weighted by Crippen LogP contribution is 2.29. The lowest BCUT2D eigenvalue weighted by molar-refractivity contribution is 0.170. The number of nitrogens with one attached hydrogen (secondary N) is 1. The van der Waals surface area contributed by atoms with Crippen molar-refractivity contribution in [2.24, 2.45) is 11.3 Å². The Labute approximate surface area is 75.7 Å². The maximum atomic E-state index is 5.36. The molecule has 1 aliphatic rings. The molecule has 1 heterocycles. The van der Waals surface area contributed by atoms with Gasteiger partial charge in [-0.05, 0) is 37.8 Å². The van der Waals surface area contributed by atoms with Crippen LogP contribution in [0.4, 0.5) is 0 Å². The Morgan fingerprint density at radius 1 is 1.50 bits per heavy atom. The number of rotatable bonds is 4. The smallest absolute Gasteiger partial charge is 0.0495 e. The first-order chi connectivity index (χ1) is 5.64. The lowest BCUT2D eigenvalue weighted by Crippen LogP contribution is -2.29. The van der Waals surface area contributed by atoms with E-state index in [2.05, 4.69) is 19.2 Å². The summed E-state index contributed by atoms with van der Waals surface area (Å²) in [5, 5.41) is 3.24. The first-order valence-corrected chi connectivity index (χ1v) is 4.86. The summed E-state index contributed by atoms with van der Waals surface area (Å²) in [5.41, 5.74) is 0.424. The van der Waals surface area contributed by atoms with E-state index in [-0.39, 0.29) is 0 Å². The van der Waals surface area contributed by atoms with E-state index >= 15 is 0 Å². The van der Waals surface area contributed by atoms with Crippen LogP contribution in [0.3, 0.4) is 0 Å². The zero-order valence-corrected chi connectivity index (χ0v) is 8.52. The van der Waals surface area contributed by atoms with E-state index in [1.807, 2.05) is 7.05 Å². The zero-order chi connectivity index (χ0) is 9.03. The molecule has 0 bridgehead atoms. The van der Waals surface area contributed by atoms with Gasteiger partial charge in [0.05, 0.1) is 0 Å². The van der Waals surface area contributed by atoms with Crippen molar-refractivity contribution in [3.63, 3.8) is 0 Å². The Hall–Kier alpha value is -0.0800. The van der Waals surface area contributed by atoms with Gasteiger partial charge in [0.25, 0.3) is 0 Å². The first-order valence-electron chi connectivity index (χ1n) is 4.86. The van der Waals surface area contributed by atoms with E-state index in [4.69, 9.17) is 4.74 Å². The Morgan fingerprint density at radius 3 is 2.75 bits per heavy atom. The number of hydrogen-bond acceptors (Lipinski definition) is 2. The van der Waals surface area contributed by atoms with E-state index in [1.54, 1.807) is 0 Å². The molecule has 12 heavy (non-hydrogen) atoms. The fourth-order valence-electron chi connectivity index (χ4n) is 2.08. The summed E-state index contributed by atoms with van der Waals surface area (Å²) in [5.74, 6) is 0.799. The van der Waals surface area contributed by atoms with Gasteiger partial charge in [0.2, 0.25) is 0 Å². The molecule has 0 unspecified atom stereocenters.